The molecule has 6 nitrogen and oxygen atoms in total. The molecule has 0 heterocycles. The number of hydrogen-bond donors (Lipinski definition) is 2. The molecule has 0 bridgehead atoms. The molecule has 22 heavy (non-hydrogen) atoms. The van der Waals surface area contributed by atoms with Crippen LogP contribution in [0.4, 0.5) is 0 Å². The van der Waals surface area contributed by atoms with E-state index in [-0.39, 0.29) is 23.7 Å². The van der Waals surface area contributed by atoms with Gasteiger partial charge in [0.05, 0.1) is 10.6 Å². The van der Waals surface area contributed by atoms with E-state index in [4.69, 9.17) is 0 Å². The fraction of sp³-hybridized carbons (Fsp3) is 0.571. The van der Waals surface area contributed by atoms with Crippen LogP contribution in [0.1, 0.15) is 29.2 Å². The van der Waals surface area contributed by atoms with Crippen molar-refractivity contribution in [2.75, 3.05) is 18.8 Å². The van der Waals surface area contributed by atoms with Crippen molar-refractivity contribution in [2.45, 2.75) is 39.5 Å². The van der Waals surface area contributed by atoms with Crippen LogP contribution in [-0.2, 0) is 20.0 Å². The number of nitrogens with one attached hydrogen (secondary N) is 2. The molecule has 0 saturated heterocycles. The van der Waals surface area contributed by atoms with E-state index in [1.807, 2.05) is 19.9 Å². The number of aryl methyl sites for hydroxylation is 2. The van der Waals surface area contributed by atoms with Gasteiger partial charge in [0, 0.05) is 13.1 Å². The summed E-state index contributed by atoms with van der Waals surface area (Å²) in [5.74, 6) is -0.0327. The van der Waals surface area contributed by atoms with Gasteiger partial charge in [0.15, 0.2) is 0 Å². The molecular weight excluding hydrogens is 324 g/mol. The Morgan fingerprint density at radius 3 is 1.77 bits per heavy atom. The third kappa shape index (κ3) is 4.52. The maximum Gasteiger partial charge on any atom is 0.241 e. The molecule has 0 aliphatic heterocycles. The van der Waals surface area contributed by atoms with E-state index in [0.717, 1.165) is 11.1 Å². The van der Waals surface area contributed by atoms with Crippen LogP contribution in [0, 0.1) is 27.7 Å². The first-order valence-corrected chi connectivity index (χ1v) is 10.2. The van der Waals surface area contributed by atoms with Crippen molar-refractivity contribution in [3.05, 3.63) is 28.3 Å². The Morgan fingerprint density at radius 1 is 0.864 bits per heavy atom. The molecule has 1 aromatic carbocycles. The number of rotatable bonds is 7. The predicted molar refractivity (Wildman–Crippen MR) is 88.0 cm³/mol. The summed E-state index contributed by atoms with van der Waals surface area (Å²) in [7, 11) is -6.99. The second-order valence-corrected chi connectivity index (χ2v) is 9.08. The Morgan fingerprint density at radius 2 is 1.32 bits per heavy atom. The van der Waals surface area contributed by atoms with Crippen LogP contribution < -0.4 is 9.44 Å². The molecule has 0 aliphatic rings. The van der Waals surface area contributed by atoms with Crippen molar-refractivity contribution in [2.24, 2.45) is 0 Å². The zero-order valence-electron chi connectivity index (χ0n) is 13.6. The van der Waals surface area contributed by atoms with Crippen LogP contribution in [0.3, 0.4) is 0 Å². The summed E-state index contributed by atoms with van der Waals surface area (Å²) in [5.41, 5.74) is 3.25. The molecule has 0 aliphatic carbocycles. The quantitative estimate of drug-likeness (QED) is 0.723. The Kier molecular flexibility index (Phi) is 6.14. The van der Waals surface area contributed by atoms with Crippen LogP contribution in [0.15, 0.2) is 11.0 Å². The molecule has 0 saturated carbocycles. The fourth-order valence-electron chi connectivity index (χ4n) is 2.15. The summed E-state index contributed by atoms with van der Waals surface area (Å²) in [5, 5.41) is 0. The second kappa shape index (κ2) is 7.08. The lowest BCUT2D eigenvalue weighted by Crippen LogP contribution is -2.35. The molecule has 0 atom stereocenters. The molecule has 0 spiro atoms. The van der Waals surface area contributed by atoms with Gasteiger partial charge >= 0.3 is 0 Å². The Bertz CT molecular complexity index is 727. The highest BCUT2D eigenvalue weighted by Gasteiger charge is 2.21. The molecular formula is C14H24N2O4S2. The predicted octanol–water partition coefficient (Wildman–Crippen LogP) is 1.14. The highest BCUT2D eigenvalue weighted by Crippen LogP contribution is 2.25. The first-order chi connectivity index (χ1) is 10.0. The van der Waals surface area contributed by atoms with E-state index in [2.05, 4.69) is 9.44 Å². The number of benzene rings is 1. The smallest absolute Gasteiger partial charge is 0.214 e. The third-order valence-corrected chi connectivity index (χ3v) is 6.82. The summed E-state index contributed by atoms with van der Waals surface area (Å²) >= 11 is 0. The van der Waals surface area contributed by atoms with E-state index in [9.17, 15) is 16.8 Å². The van der Waals surface area contributed by atoms with E-state index in [1.165, 1.54) is 6.92 Å². The van der Waals surface area contributed by atoms with Crippen LogP contribution in [0.5, 0.6) is 0 Å². The van der Waals surface area contributed by atoms with E-state index in [0.29, 0.717) is 11.1 Å². The molecule has 0 radical (unpaired) electrons. The van der Waals surface area contributed by atoms with Gasteiger partial charge in [-0.05, 0) is 56.9 Å². The van der Waals surface area contributed by atoms with Crippen LogP contribution in [0.2, 0.25) is 0 Å². The summed E-state index contributed by atoms with van der Waals surface area (Å²) < 4.78 is 52.4. The first kappa shape index (κ1) is 19.1. The van der Waals surface area contributed by atoms with Gasteiger partial charge in [-0.25, -0.2) is 26.3 Å². The first-order valence-electron chi connectivity index (χ1n) is 7.06. The van der Waals surface area contributed by atoms with Gasteiger partial charge in [-0.2, -0.15) is 0 Å². The minimum absolute atomic E-state index is 0.00737. The molecule has 126 valence electrons. The van der Waals surface area contributed by atoms with E-state index in [1.54, 1.807) is 13.8 Å². The van der Waals surface area contributed by atoms with Gasteiger partial charge in [-0.3, -0.25) is 0 Å². The summed E-state index contributed by atoms with van der Waals surface area (Å²) in [6.07, 6.45) is 0. The average molecular weight is 348 g/mol. The standard InChI is InChI=1S/C14H24N2O4S2/c1-6-21(17,18)15-7-8-16-22(19,20)14-12(4)10(2)9-11(3)13(14)5/h9,15-16H,6-8H2,1-5H3. The minimum Gasteiger partial charge on any atom is -0.214 e. The van der Waals surface area contributed by atoms with Crippen LogP contribution in [-0.4, -0.2) is 35.7 Å². The number of hydrogen-bond acceptors (Lipinski definition) is 4. The molecule has 0 amide bonds. The SMILES string of the molecule is CCS(=O)(=O)NCCNS(=O)(=O)c1c(C)c(C)cc(C)c1C. The highest BCUT2D eigenvalue weighted by molar-refractivity contribution is 7.89. The van der Waals surface area contributed by atoms with E-state index < -0.39 is 20.0 Å². The third-order valence-electron chi connectivity index (χ3n) is 3.69. The topological polar surface area (TPSA) is 92.3 Å². The monoisotopic (exact) mass is 348 g/mol. The zero-order valence-corrected chi connectivity index (χ0v) is 15.3. The highest BCUT2D eigenvalue weighted by atomic mass is 32.2. The van der Waals surface area contributed by atoms with Crippen LogP contribution in [0.25, 0.3) is 0 Å². The summed E-state index contributed by atoms with van der Waals surface area (Å²) in [6, 6.07) is 1.96. The zero-order chi connectivity index (χ0) is 17.1. The largest absolute Gasteiger partial charge is 0.241 e. The molecule has 1 aromatic rings. The maximum absolute atomic E-state index is 12.5. The van der Waals surface area contributed by atoms with Crippen molar-refractivity contribution in [1.82, 2.24) is 9.44 Å². The van der Waals surface area contributed by atoms with Gasteiger partial charge in [-0.15, -0.1) is 0 Å². The maximum atomic E-state index is 12.5. The van der Waals surface area contributed by atoms with Gasteiger partial charge in [0.2, 0.25) is 20.0 Å². The van der Waals surface area contributed by atoms with Crippen molar-refractivity contribution in [3.63, 3.8) is 0 Å². The molecule has 1 rings (SSSR count). The molecule has 2 N–H and O–H groups in total. The van der Waals surface area contributed by atoms with Crippen molar-refractivity contribution >= 4 is 20.0 Å². The average Bonchev–Trinajstić information content (AvgIpc) is 2.41. The van der Waals surface area contributed by atoms with Crippen molar-refractivity contribution in [3.8, 4) is 0 Å². The lowest BCUT2D eigenvalue weighted by Gasteiger charge is -2.16. The van der Waals surface area contributed by atoms with Crippen molar-refractivity contribution < 1.29 is 16.8 Å². The lowest BCUT2D eigenvalue weighted by molar-refractivity contribution is 0.570. The van der Waals surface area contributed by atoms with Crippen molar-refractivity contribution in [1.29, 1.82) is 0 Å². The Hall–Kier alpha value is -0.960. The molecule has 8 heteroatoms. The fourth-order valence-corrected chi connectivity index (χ4v) is 4.41. The molecule has 0 fully saturated rings. The number of sulfonamides is 2. The van der Waals surface area contributed by atoms with E-state index >= 15 is 0 Å². The van der Waals surface area contributed by atoms with Gasteiger partial charge in [-0.1, -0.05) is 6.07 Å². The summed E-state index contributed by atoms with van der Waals surface area (Å²) in [4.78, 5) is 0.281. The van der Waals surface area contributed by atoms with Gasteiger partial charge in [0.25, 0.3) is 0 Å². The second-order valence-electron chi connectivity index (χ2n) is 5.29. The van der Waals surface area contributed by atoms with Gasteiger partial charge < -0.3 is 0 Å². The summed E-state index contributed by atoms with van der Waals surface area (Å²) in [6.45, 7) is 8.85. The lowest BCUT2D eigenvalue weighted by atomic mass is 10.0. The molecule has 0 unspecified atom stereocenters. The minimum atomic E-state index is -3.68. The Balaban J connectivity index is 2.93. The molecule has 0 aromatic heterocycles. The van der Waals surface area contributed by atoms with Gasteiger partial charge in [0.1, 0.15) is 0 Å². The Labute approximate surface area is 133 Å². The normalized spacial score (nSPS) is 12.6. The van der Waals surface area contributed by atoms with Crippen LogP contribution >= 0.6 is 0 Å².